The van der Waals surface area contributed by atoms with Gasteiger partial charge in [0.1, 0.15) is 5.75 Å². The van der Waals surface area contributed by atoms with Crippen LogP contribution in [-0.4, -0.2) is 34.1 Å². The van der Waals surface area contributed by atoms with Gasteiger partial charge in [-0.2, -0.15) is 0 Å². The van der Waals surface area contributed by atoms with Crippen LogP contribution in [0.5, 0.6) is 5.75 Å². The molecule has 3 rings (SSSR count). The van der Waals surface area contributed by atoms with Gasteiger partial charge in [0.15, 0.2) is 0 Å². The molecule has 1 aliphatic heterocycles. The summed E-state index contributed by atoms with van der Waals surface area (Å²) < 4.78 is 0. The molecule has 0 radical (unpaired) electrons. The quantitative estimate of drug-likeness (QED) is 0.855. The second-order valence-electron chi connectivity index (χ2n) is 6.84. The summed E-state index contributed by atoms with van der Waals surface area (Å²) >= 11 is 0. The molecule has 0 aliphatic carbocycles. The summed E-state index contributed by atoms with van der Waals surface area (Å²) in [6.07, 6.45) is 5.22. The van der Waals surface area contributed by atoms with Crippen LogP contribution >= 0.6 is 0 Å². The lowest BCUT2D eigenvalue weighted by atomic mass is 9.95. The van der Waals surface area contributed by atoms with Crippen molar-refractivity contribution in [3.63, 3.8) is 0 Å². The van der Waals surface area contributed by atoms with Crippen molar-refractivity contribution < 1.29 is 15.0 Å². The Bertz CT molecular complexity index is 793. The Morgan fingerprint density at radius 2 is 1.85 bits per heavy atom. The van der Waals surface area contributed by atoms with Gasteiger partial charge in [0, 0.05) is 24.6 Å². The van der Waals surface area contributed by atoms with Gasteiger partial charge in [-0.25, -0.2) is 0 Å². The maximum Gasteiger partial charge on any atom is 0.254 e. The van der Waals surface area contributed by atoms with Gasteiger partial charge >= 0.3 is 0 Å². The number of phenols is 1. The van der Waals surface area contributed by atoms with Crippen molar-refractivity contribution in [3.8, 4) is 5.75 Å². The molecule has 136 valence electrons. The number of carbonyl (C=O) groups is 1. The lowest BCUT2D eigenvalue weighted by Crippen LogP contribution is -2.28. The van der Waals surface area contributed by atoms with Gasteiger partial charge in [0.2, 0.25) is 0 Å². The molecule has 2 atom stereocenters. The first-order valence-corrected chi connectivity index (χ1v) is 9.10. The Labute approximate surface area is 154 Å². The maximum atomic E-state index is 12.7. The summed E-state index contributed by atoms with van der Waals surface area (Å²) in [6, 6.07) is 14.2. The number of aliphatic hydroxyl groups excluding tert-OH is 1. The molecule has 26 heavy (non-hydrogen) atoms. The molecule has 2 aromatic rings. The van der Waals surface area contributed by atoms with E-state index in [2.05, 4.69) is 0 Å². The Morgan fingerprint density at radius 3 is 2.58 bits per heavy atom. The maximum absolute atomic E-state index is 12.7. The number of likely N-dealkylation sites (tertiary alicyclic amines) is 1. The first-order chi connectivity index (χ1) is 12.6. The van der Waals surface area contributed by atoms with Crippen LogP contribution in [0.4, 0.5) is 0 Å². The largest absolute Gasteiger partial charge is 0.508 e. The third kappa shape index (κ3) is 4.14. The second-order valence-corrected chi connectivity index (χ2v) is 6.84. The Morgan fingerprint density at radius 1 is 1.12 bits per heavy atom. The van der Waals surface area contributed by atoms with Crippen LogP contribution in [-0.2, 0) is 0 Å². The lowest BCUT2D eigenvalue weighted by molar-refractivity contribution is 0.0792. The zero-order valence-electron chi connectivity index (χ0n) is 15.0. The highest BCUT2D eigenvalue weighted by atomic mass is 16.3. The van der Waals surface area contributed by atoms with E-state index in [1.807, 2.05) is 48.2 Å². The van der Waals surface area contributed by atoms with Crippen LogP contribution in [0.2, 0.25) is 0 Å². The summed E-state index contributed by atoms with van der Waals surface area (Å²) in [4.78, 5) is 14.6. The number of hydrogen-bond donors (Lipinski definition) is 2. The van der Waals surface area contributed by atoms with Crippen molar-refractivity contribution in [2.24, 2.45) is 5.92 Å². The van der Waals surface area contributed by atoms with E-state index in [1.54, 1.807) is 24.3 Å². The molecule has 1 heterocycles. The van der Waals surface area contributed by atoms with Crippen molar-refractivity contribution in [2.75, 3.05) is 13.1 Å². The first kappa shape index (κ1) is 18.2. The number of amides is 1. The molecule has 0 saturated carbocycles. The van der Waals surface area contributed by atoms with Gasteiger partial charge in [0.25, 0.3) is 5.91 Å². The van der Waals surface area contributed by atoms with Crippen molar-refractivity contribution in [1.82, 2.24) is 4.90 Å². The first-order valence-electron chi connectivity index (χ1n) is 9.10. The van der Waals surface area contributed by atoms with Crippen molar-refractivity contribution in [3.05, 3.63) is 71.3 Å². The monoisotopic (exact) mass is 351 g/mol. The van der Waals surface area contributed by atoms with E-state index in [0.717, 1.165) is 31.5 Å². The van der Waals surface area contributed by atoms with Gasteiger partial charge in [-0.05, 0) is 42.2 Å². The Balaban J connectivity index is 1.76. The van der Waals surface area contributed by atoms with Gasteiger partial charge in [-0.15, -0.1) is 0 Å². The fourth-order valence-corrected chi connectivity index (χ4v) is 3.30. The molecule has 2 aromatic carbocycles. The fourth-order valence-electron chi connectivity index (χ4n) is 3.30. The van der Waals surface area contributed by atoms with Crippen LogP contribution in [0.25, 0.3) is 6.08 Å². The van der Waals surface area contributed by atoms with E-state index < -0.39 is 6.10 Å². The highest BCUT2D eigenvalue weighted by Gasteiger charge is 2.21. The smallest absolute Gasteiger partial charge is 0.254 e. The lowest BCUT2D eigenvalue weighted by Gasteiger charge is -2.18. The predicted molar refractivity (Wildman–Crippen MR) is 103 cm³/mol. The van der Waals surface area contributed by atoms with Crippen LogP contribution in [0.15, 0.2) is 54.6 Å². The molecular weight excluding hydrogens is 326 g/mol. The molecule has 4 nitrogen and oxygen atoms in total. The summed E-state index contributed by atoms with van der Waals surface area (Å²) in [7, 11) is 0. The molecule has 0 spiro atoms. The summed E-state index contributed by atoms with van der Waals surface area (Å²) in [5.41, 5.74) is 2.23. The van der Waals surface area contributed by atoms with Gasteiger partial charge in [0.05, 0.1) is 6.10 Å². The molecule has 0 unspecified atom stereocenters. The standard InChI is InChI=1S/C22H25NO3/c1-16(21(25)18-8-6-9-19(24)15-18)11-12-17-7-2-3-10-20(17)22(26)23-13-4-5-14-23/h2-3,6-12,15-16,21,24-25H,4-5,13-14H2,1H3/b12-11+/t16-,21+/m1/s1. The average Bonchev–Trinajstić information content (AvgIpc) is 3.20. The number of phenolic OH excluding ortho intramolecular Hbond substituents is 1. The molecular formula is C22H25NO3. The summed E-state index contributed by atoms with van der Waals surface area (Å²) in [5, 5.41) is 20.1. The van der Waals surface area contributed by atoms with E-state index in [0.29, 0.717) is 11.1 Å². The normalized spacial score (nSPS) is 16.8. The van der Waals surface area contributed by atoms with Crippen molar-refractivity contribution in [1.29, 1.82) is 0 Å². The van der Waals surface area contributed by atoms with Gasteiger partial charge in [-0.1, -0.05) is 49.4 Å². The Kier molecular flexibility index (Phi) is 5.74. The predicted octanol–water partition coefficient (Wildman–Crippen LogP) is 4.01. The molecule has 1 fully saturated rings. The zero-order chi connectivity index (χ0) is 18.5. The Hall–Kier alpha value is -2.59. The molecule has 0 bridgehead atoms. The second kappa shape index (κ2) is 8.19. The van der Waals surface area contributed by atoms with Crippen LogP contribution < -0.4 is 0 Å². The third-order valence-electron chi connectivity index (χ3n) is 4.87. The highest BCUT2D eigenvalue weighted by molar-refractivity contribution is 5.97. The minimum atomic E-state index is -0.722. The third-order valence-corrected chi connectivity index (χ3v) is 4.87. The van der Waals surface area contributed by atoms with E-state index in [9.17, 15) is 15.0 Å². The molecule has 2 N–H and O–H groups in total. The SMILES string of the molecule is C[C@H](/C=C/c1ccccc1C(=O)N1CCCC1)[C@H](O)c1cccc(O)c1. The van der Waals surface area contributed by atoms with Gasteiger partial charge < -0.3 is 15.1 Å². The minimum Gasteiger partial charge on any atom is -0.508 e. The van der Waals surface area contributed by atoms with E-state index in [-0.39, 0.29) is 17.6 Å². The van der Waals surface area contributed by atoms with E-state index >= 15 is 0 Å². The highest BCUT2D eigenvalue weighted by Crippen LogP contribution is 2.26. The number of rotatable bonds is 5. The average molecular weight is 351 g/mol. The van der Waals surface area contributed by atoms with Gasteiger partial charge in [-0.3, -0.25) is 4.79 Å². The minimum absolute atomic E-state index is 0.0731. The zero-order valence-corrected chi connectivity index (χ0v) is 15.0. The van der Waals surface area contributed by atoms with Crippen molar-refractivity contribution >= 4 is 12.0 Å². The van der Waals surface area contributed by atoms with Crippen LogP contribution in [0.3, 0.4) is 0 Å². The summed E-state index contributed by atoms with van der Waals surface area (Å²) in [6.45, 7) is 3.56. The fraction of sp³-hybridized carbons (Fsp3) is 0.318. The molecule has 1 aliphatic rings. The van der Waals surface area contributed by atoms with E-state index in [4.69, 9.17) is 0 Å². The number of benzene rings is 2. The number of aromatic hydroxyl groups is 1. The molecule has 1 amide bonds. The van der Waals surface area contributed by atoms with Crippen molar-refractivity contribution in [2.45, 2.75) is 25.9 Å². The molecule has 1 saturated heterocycles. The topological polar surface area (TPSA) is 60.8 Å². The summed E-state index contributed by atoms with van der Waals surface area (Å²) in [5.74, 6) is 0.0509. The molecule has 4 heteroatoms. The van der Waals surface area contributed by atoms with E-state index in [1.165, 1.54) is 0 Å². The molecule has 0 aromatic heterocycles. The number of hydrogen-bond acceptors (Lipinski definition) is 3. The van der Waals surface area contributed by atoms with Crippen LogP contribution in [0.1, 0.15) is 47.4 Å². The number of aliphatic hydroxyl groups is 1. The number of carbonyl (C=O) groups excluding carboxylic acids is 1. The van der Waals surface area contributed by atoms with Crippen LogP contribution in [0, 0.1) is 5.92 Å². The number of nitrogens with zero attached hydrogens (tertiary/aromatic N) is 1.